The van der Waals surface area contributed by atoms with Crippen LogP contribution >= 0.6 is 0 Å². The lowest BCUT2D eigenvalue weighted by Crippen LogP contribution is -2.62. The third-order valence-electron chi connectivity index (χ3n) is 9.44. The van der Waals surface area contributed by atoms with Crippen molar-refractivity contribution in [3.63, 3.8) is 0 Å². The molecule has 13 unspecified atom stereocenters. The van der Waals surface area contributed by atoms with Gasteiger partial charge in [0, 0.05) is 12.1 Å². The SMILES string of the molecule is COc1cc(C2CC(=O)c3c(O)cc(OC4OC(CO)C(O)C(O)C4OC4OC(OC5OCC(O)(CO)C5O)C(O)(CO)C4O)cc3O2)ccc1O. The molecule has 13 atom stereocenters. The fourth-order valence-corrected chi connectivity index (χ4v) is 6.29. The number of aliphatic hydroxyl groups is 9. The minimum atomic E-state index is -2.66. The smallest absolute Gasteiger partial charge is 0.229 e. The number of fused-ring (bicyclic) bond motifs is 1. The highest BCUT2D eigenvalue weighted by atomic mass is 16.8. The number of ether oxygens (including phenoxy) is 8. The number of methoxy groups -OCH3 is 1. The van der Waals surface area contributed by atoms with Crippen molar-refractivity contribution in [3.8, 4) is 28.7 Å². The predicted molar refractivity (Wildman–Crippen MR) is 164 cm³/mol. The topological polar surface area (TPSA) is 313 Å². The van der Waals surface area contributed by atoms with Crippen molar-refractivity contribution >= 4 is 5.78 Å². The maximum absolute atomic E-state index is 13.1. The minimum Gasteiger partial charge on any atom is -0.507 e. The first kappa shape index (κ1) is 38.3. The van der Waals surface area contributed by atoms with Crippen LogP contribution in [0.4, 0.5) is 0 Å². The summed E-state index contributed by atoms with van der Waals surface area (Å²) in [6.45, 7) is -3.53. The van der Waals surface area contributed by atoms with E-state index in [1.807, 2.05) is 0 Å². The van der Waals surface area contributed by atoms with E-state index in [1.54, 1.807) is 0 Å². The fourth-order valence-electron chi connectivity index (χ4n) is 6.29. The summed E-state index contributed by atoms with van der Waals surface area (Å²) in [6, 6.07) is 6.60. The maximum atomic E-state index is 13.1. The van der Waals surface area contributed by atoms with Gasteiger partial charge in [0.1, 0.15) is 65.0 Å². The zero-order chi connectivity index (χ0) is 37.7. The molecule has 0 amide bonds. The van der Waals surface area contributed by atoms with Crippen LogP contribution in [-0.2, 0) is 23.7 Å². The summed E-state index contributed by atoms with van der Waals surface area (Å²) in [6.07, 6.45) is -19.6. The van der Waals surface area contributed by atoms with E-state index in [0.29, 0.717) is 5.56 Å². The van der Waals surface area contributed by atoms with Gasteiger partial charge in [-0.25, -0.2) is 0 Å². The minimum absolute atomic E-state index is 0.122. The Morgan fingerprint density at radius 3 is 2.27 bits per heavy atom. The summed E-state index contributed by atoms with van der Waals surface area (Å²) < 4.78 is 44.5. The molecule has 0 bridgehead atoms. The number of aromatic hydroxyl groups is 2. The number of aliphatic hydroxyl groups excluding tert-OH is 7. The van der Waals surface area contributed by atoms with Crippen molar-refractivity contribution < 1.29 is 98.9 Å². The second-order valence-corrected chi connectivity index (χ2v) is 12.9. The highest BCUT2D eigenvalue weighted by Crippen LogP contribution is 2.44. The zero-order valence-corrected chi connectivity index (χ0v) is 27.4. The Hall–Kier alpha value is -3.45. The maximum Gasteiger partial charge on any atom is 0.229 e. The van der Waals surface area contributed by atoms with E-state index in [0.717, 1.165) is 6.07 Å². The van der Waals surface area contributed by atoms with Crippen molar-refractivity contribution in [2.24, 2.45) is 0 Å². The molecule has 3 fully saturated rings. The zero-order valence-electron chi connectivity index (χ0n) is 27.4. The normalized spacial score (nSPS) is 38.9. The Labute approximate surface area is 294 Å². The molecular formula is C32H40O20. The van der Waals surface area contributed by atoms with Crippen LogP contribution in [0.5, 0.6) is 28.7 Å². The van der Waals surface area contributed by atoms with Crippen LogP contribution in [0.15, 0.2) is 30.3 Å². The number of phenols is 2. The van der Waals surface area contributed by atoms with E-state index < -0.39 is 117 Å². The highest BCUT2D eigenvalue weighted by molar-refractivity contribution is 6.02. The summed E-state index contributed by atoms with van der Waals surface area (Å²) in [4.78, 5) is 13.1. The first-order valence-corrected chi connectivity index (χ1v) is 16.0. The van der Waals surface area contributed by atoms with Crippen LogP contribution in [0.1, 0.15) is 28.4 Å². The molecule has 11 N–H and O–H groups in total. The number of carbonyl (C=O) groups excluding carboxylic acids is 1. The summed E-state index contributed by atoms with van der Waals surface area (Å²) >= 11 is 0. The Balaban J connectivity index is 1.24. The van der Waals surface area contributed by atoms with E-state index in [9.17, 15) is 61.0 Å². The van der Waals surface area contributed by atoms with E-state index in [-0.39, 0.29) is 35.0 Å². The number of hydrogen-bond donors (Lipinski definition) is 11. The average Bonchev–Trinajstić information content (AvgIpc) is 3.54. The molecule has 288 valence electrons. The van der Waals surface area contributed by atoms with Crippen molar-refractivity contribution in [1.82, 2.24) is 0 Å². The molecule has 20 heteroatoms. The second kappa shape index (κ2) is 14.8. The Bertz CT molecular complexity index is 1610. The van der Waals surface area contributed by atoms with Gasteiger partial charge >= 0.3 is 0 Å². The molecule has 20 nitrogen and oxygen atoms in total. The van der Waals surface area contributed by atoms with Crippen molar-refractivity contribution in [2.75, 3.05) is 33.5 Å². The largest absolute Gasteiger partial charge is 0.507 e. The van der Waals surface area contributed by atoms with Crippen LogP contribution in [0, 0.1) is 0 Å². The highest BCUT2D eigenvalue weighted by Gasteiger charge is 2.61. The van der Waals surface area contributed by atoms with Crippen LogP contribution in [0.25, 0.3) is 0 Å². The van der Waals surface area contributed by atoms with Gasteiger partial charge in [0.05, 0.1) is 40.0 Å². The lowest BCUT2D eigenvalue weighted by molar-refractivity contribution is -0.337. The first-order valence-electron chi connectivity index (χ1n) is 16.0. The fraction of sp³-hybridized carbons (Fsp3) is 0.594. The monoisotopic (exact) mass is 744 g/mol. The summed E-state index contributed by atoms with van der Waals surface area (Å²) in [7, 11) is 1.35. The van der Waals surface area contributed by atoms with Gasteiger partial charge in [0.15, 0.2) is 47.9 Å². The lowest BCUT2D eigenvalue weighted by Gasteiger charge is -2.42. The Morgan fingerprint density at radius 2 is 1.62 bits per heavy atom. The molecule has 0 aromatic heterocycles. The lowest BCUT2D eigenvalue weighted by atomic mass is 9.95. The number of hydrogen-bond acceptors (Lipinski definition) is 20. The first-order chi connectivity index (χ1) is 24.7. The molecule has 0 radical (unpaired) electrons. The molecule has 2 aromatic carbocycles. The molecule has 0 aliphatic carbocycles. The molecule has 6 rings (SSSR count). The molecule has 4 aliphatic rings. The van der Waals surface area contributed by atoms with Crippen LogP contribution in [0.3, 0.4) is 0 Å². The second-order valence-electron chi connectivity index (χ2n) is 12.9. The van der Waals surface area contributed by atoms with E-state index in [2.05, 4.69) is 0 Å². The molecular weight excluding hydrogens is 704 g/mol. The molecule has 2 aromatic rings. The number of Topliss-reactive ketones (excluding diaryl/α,β-unsaturated/α-hetero) is 1. The van der Waals surface area contributed by atoms with Gasteiger partial charge in [0.25, 0.3) is 0 Å². The third-order valence-corrected chi connectivity index (χ3v) is 9.44. The van der Waals surface area contributed by atoms with Gasteiger partial charge in [-0.3, -0.25) is 4.79 Å². The quantitative estimate of drug-likeness (QED) is 0.105. The third kappa shape index (κ3) is 6.76. The molecule has 3 saturated heterocycles. The number of phenolic OH excluding ortho intramolecular Hbond substituents is 2. The Kier molecular flexibility index (Phi) is 10.9. The average molecular weight is 745 g/mol. The summed E-state index contributed by atoms with van der Waals surface area (Å²) in [5.41, 5.74) is -4.50. The summed E-state index contributed by atoms with van der Waals surface area (Å²) in [5, 5.41) is 114. The van der Waals surface area contributed by atoms with Crippen molar-refractivity contribution in [3.05, 3.63) is 41.5 Å². The van der Waals surface area contributed by atoms with Crippen LogP contribution in [0.2, 0.25) is 0 Å². The van der Waals surface area contributed by atoms with Gasteiger partial charge < -0.3 is 94.1 Å². The predicted octanol–water partition coefficient (Wildman–Crippen LogP) is -3.76. The van der Waals surface area contributed by atoms with Crippen molar-refractivity contribution in [1.29, 1.82) is 0 Å². The number of rotatable bonds is 11. The molecule has 0 spiro atoms. The van der Waals surface area contributed by atoms with Gasteiger partial charge in [-0.1, -0.05) is 6.07 Å². The Morgan fingerprint density at radius 1 is 0.865 bits per heavy atom. The summed E-state index contributed by atoms with van der Waals surface area (Å²) in [5.74, 6) is -1.41. The van der Waals surface area contributed by atoms with Gasteiger partial charge in [-0.2, -0.15) is 0 Å². The number of ketones is 1. The van der Waals surface area contributed by atoms with E-state index >= 15 is 0 Å². The number of benzene rings is 2. The van der Waals surface area contributed by atoms with E-state index in [1.165, 1.54) is 31.4 Å². The molecule has 52 heavy (non-hydrogen) atoms. The van der Waals surface area contributed by atoms with Gasteiger partial charge in [-0.15, -0.1) is 0 Å². The molecule has 0 saturated carbocycles. The number of carbonyl (C=O) groups is 1. The van der Waals surface area contributed by atoms with Gasteiger partial charge in [-0.05, 0) is 17.7 Å². The van der Waals surface area contributed by atoms with E-state index in [4.69, 9.17) is 37.9 Å². The van der Waals surface area contributed by atoms with Gasteiger partial charge in [0.2, 0.25) is 6.29 Å². The standard InChI is InChI=1S/C32H40O20/c1-45-18-4-12(2-3-14(18)36)17-7-16(38)21-15(37)5-13(6-19(21)48-17)47-27-24(23(40)22(39)20(8-33)49-27)50-29-26(42)32(44,10-35)30(52-29)51-28-25(41)31(43,9-34)11-46-28/h2-6,17,20,22-30,33-37,39-44H,7-11H2,1H3. The van der Waals surface area contributed by atoms with Crippen molar-refractivity contribution in [2.45, 2.75) is 85.5 Å². The van der Waals surface area contributed by atoms with Crippen LogP contribution in [-0.4, -0.2) is 168 Å². The van der Waals surface area contributed by atoms with Crippen LogP contribution < -0.4 is 14.2 Å². The molecule has 4 heterocycles. The molecule has 4 aliphatic heterocycles.